The number of nitrogens with zero attached hydrogens (tertiary/aromatic N) is 2. The predicted octanol–water partition coefficient (Wildman–Crippen LogP) is 1.70. The first-order valence-corrected chi connectivity index (χ1v) is 3.78. The van der Waals surface area contributed by atoms with Gasteiger partial charge in [-0.15, -0.1) is 11.6 Å². The molecule has 56 valence electrons. The van der Waals surface area contributed by atoms with Crippen molar-refractivity contribution in [1.29, 1.82) is 0 Å². The Morgan fingerprint density at radius 3 is 3.27 bits per heavy atom. The summed E-state index contributed by atoms with van der Waals surface area (Å²) in [5.74, 6) is 0.427. The van der Waals surface area contributed by atoms with Gasteiger partial charge in [-0.3, -0.25) is 10.1 Å². The third kappa shape index (κ3) is 0.973. The van der Waals surface area contributed by atoms with Gasteiger partial charge in [-0.2, -0.15) is 5.10 Å². The lowest BCUT2D eigenvalue weighted by molar-refractivity contribution is 1.12. The second-order valence-electron chi connectivity index (χ2n) is 2.22. The Kier molecular flexibility index (Phi) is 1.51. The minimum atomic E-state index is 0.427. The molecule has 0 saturated carbocycles. The van der Waals surface area contributed by atoms with Crippen LogP contribution in [0.4, 0.5) is 0 Å². The first-order valence-electron chi connectivity index (χ1n) is 3.25. The van der Waals surface area contributed by atoms with Gasteiger partial charge in [-0.05, 0) is 6.07 Å². The van der Waals surface area contributed by atoms with Crippen LogP contribution in [0.3, 0.4) is 0 Å². The summed E-state index contributed by atoms with van der Waals surface area (Å²) >= 11 is 5.66. The fourth-order valence-electron chi connectivity index (χ4n) is 1.03. The van der Waals surface area contributed by atoms with Crippen LogP contribution in [0.1, 0.15) is 5.69 Å². The highest BCUT2D eigenvalue weighted by atomic mass is 35.5. The molecule has 0 bridgehead atoms. The average Bonchev–Trinajstić information content (AvgIpc) is 2.50. The first-order chi connectivity index (χ1) is 5.42. The molecule has 0 aliphatic carbocycles. The molecular weight excluding hydrogens is 162 g/mol. The van der Waals surface area contributed by atoms with E-state index in [0.717, 1.165) is 16.6 Å². The van der Waals surface area contributed by atoms with Crippen molar-refractivity contribution in [1.82, 2.24) is 15.2 Å². The lowest BCUT2D eigenvalue weighted by atomic mass is 10.2. The van der Waals surface area contributed by atoms with Gasteiger partial charge >= 0.3 is 0 Å². The van der Waals surface area contributed by atoms with E-state index >= 15 is 0 Å². The standard InChI is InChI=1S/C7H6ClN3/c8-3-7-5-4-10-11-6(5)1-2-9-7/h1-2,4H,3H2,(H,10,11). The number of aromatic amines is 1. The van der Waals surface area contributed by atoms with Crippen molar-refractivity contribution in [2.75, 3.05) is 0 Å². The van der Waals surface area contributed by atoms with Crippen molar-refractivity contribution < 1.29 is 0 Å². The molecule has 0 saturated heterocycles. The van der Waals surface area contributed by atoms with E-state index in [1.54, 1.807) is 12.4 Å². The number of pyridine rings is 1. The molecule has 0 aliphatic rings. The number of alkyl halides is 1. The molecule has 4 heteroatoms. The molecule has 2 heterocycles. The van der Waals surface area contributed by atoms with E-state index in [0.29, 0.717) is 5.88 Å². The Morgan fingerprint density at radius 2 is 2.45 bits per heavy atom. The zero-order valence-electron chi connectivity index (χ0n) is 5.71. The molecule has 0 aliphatic heterocycles. The van der Waals surface area contributed by atoms with Crippen molar-refractivity contribution in [2.45, 2.75) is 5.88 Å². The summed E-state index contributed by atoms with van der Waals surface area (Å²) in [6.07, 6.45) is 3.46. The predicted molar refractivity (Wildman–Crippen MR) is 43.4 cm³/mol. The summed E-state index contributed by atoms with van der Waals surface area (Å²) in [5, 5.41) is 7.73. The second-order valence-corrected chi connectivity index (χ2v) is 2.49. The zero-order valence-corrected chi connectivity index (χ0v) is 6.47. The van der Waals surface area contributed by atoms with Gasteiger partial charge in [0.05, 0.1) is 23.3 Å². The van der Waals surface area contributed by atoms with E-state index in [1.807, 2.05) is 6.07 Å². The molecule has 0 spiro atoms. The molecule has 2 aromatic rings. The van der Waals surface area contributed by atoms with E-state index in [4.69, 9.17) is 11.6 Å². The number of nitrogens with one attached hydrogen (secondary N) is 1. The maximum Gasteiger partial charge on any atom is 0.0684 e. The number of rotatable bonds is 1. The molecule has 0 fully saturated rings. The van der Waals surface area contributed by atoms with Crippen LogP contribution in [-0.4, -0.2) is 15.2 Å². The van der Waals surface area contributed by atoms with Crippen LogP contribution >= 0.6 is 11.6 Å². The van der Waals surface area contributed by atoms with E-state index in [9.17, 15) is 0 Å². The Balaban J connectivity index is 2.79. The zero-order chi connectivity index (χ0) is 7.68. The molecular formula is C7H6ClN3. The van der Waals surface area contributed by atoms with Crippen LogP contribution in [-0.2, 0) is 5.88 Å². The van der Waals surface area contributed by atoms with Crippen LogP contribution in [0, 0.1) is 0 Å². The minimum absolute atomic E-state index is 0.427. The molecule has 2 rings (SSSR count). The molecule has 2 aromatic heterocycles. The van der Waals surface area contributed by atoms with Gasteiger partial charge in [0.2, 0.25) is 0 Å². The molecule has 0 amide bonds. The van der Waals surface area contributed by atoms with Crippen LogP contribution in [0.15, 0.2) is 18.5 Å². The highest BCUT2D eigenvalue weighted by Gasteiger charge is 2.00. The lowest BCUT2D eigenvalue weighted by Crippen LogP contribution is -1.83. The molecule has 0 radical (unpaired) electrons. The Bertz CT molecular complexity index is 368. The van der Waals surface area contributed by atoms with Gasteiger partial charge in [0.15, 0.2) is 0 Å². The van der Waals surface area contributed by atoms with Crippen molar-refractivity contribution in [3.05, 3.63) is 24.2 Å². The van der Waals surface area contributed by atoms with Crippen molar-refractivity contribution in [3.8, 4) is 0 Å². The Morgan fingerprint density at radius 1 is 1.55 bits per heavy atom. The summed E-state index contributed by atoms with van der Waals surface area (Å²) in [7, 11) is 0. The molecule has 1 N–H and O–H groups in total. The first kappa shape index (κ1) is 6.61. The van der Waals surface area contributed by atoms with Gasteiger partial charge in [0.25, 0.3) is 0 Å². The van der Waals surface area contributed by atoms with Gasteiger partial charge in [0, 0.05) is 11.6 Å². The molecule has 0 atom stereocenters. The van der Waals surface area contributed by atoms with E-state index in [1.165, 1.54) is 0 Å². The maximum atomic E-state index is 5.66. The summed E-state index contributed by atoms with van der Waals surface area (Å²) in [6.45, 7) is 0. The number of H-pyrrole nitrogens is 1. The largest absolute Gasteiger partial charge is 0.278 e. The van der Waals surface area contributed by atoms with Crippen LogP contribution in [0.25, 0.3) is 10.9 Å². The van der Waals surface area contributed by atoms with E-state index in [2.05, 4.69) is 15.2 Å². The van der Waals surface area contributed by atoms with Crippen LogP contribution < -0.4 is 0 Å². The summed E-state index contributed by atoms with van der Waals surface area (Å²) in [4.78, 5) is 4.11. The van der Waals surface area contributed by atoms with Crippen LogP contribution in [0.5, 0.6) is 0 Å². The summed E-state index contributed by atoms with van der Waals surface area (Å²) in [6, 6.07) is 1.87. The van der Waals surface area contributed by atoms with Gasteiger partial charge in [-0.25, -0.2) is 0 Å². The minimum Gasteiger partial charge on any atom is -0.278 e. The van der Waals surface area contributed by atoms with E-state index in [-0.39, 0.29) is 0 Å². The molecule has 3 nitrogen and oxygen atoms in total. The fourth-order valence-corrected chi connectivity index (χ4v) is 1.24. The van der Waals surface area contributed by atoms with Crippen molar-refractivity contribution in [3.63, 3.8) is 0 Å². The monoisotopic (exact) mass is 167 g/mol. The number of fused-ring (bicyclic) bond motifs is 1. The van der Waals surface area contributed by atoms with E-state index < -0.39 is 0 Å². The second kappa shape index (κ2) is 2.51. The molecule has 0 unspecified atom stereocenters. The quantitative estimate of drug-likeness (QED) is 0.657. The number of aromatic nitrogens is 3. The summed E-state index contributed by atoms with van der Waals surface area (Å²) < 4.78 is 0. The Labute approximate surface area is 68.4 Å². The van der Waals surface area contributed by atoms with Crippen molar-refractivity contribution in [2.24, 2.45) is 0 Å². The third-order valence-corrected chi connectivity index (χ3v) is 1.83. The normalized spacial score (nSPS) is 10.6. The maximum absolute atomic E-state index is 5.66. The highest BCUT2D eigenvalue weighted by molar-refractivity contribution is 6.17. The SMILES string of the molecule is ClCc1nccc2[nH]ncc12. The summed E-state index contributed by atoms with van der Waals surface area (Å²) in [5.41, 5.74) is 1.86. The van der Waals surface area contributed by atoms with Gasteiger partial charge in [0.1, 0.15) is 0 Å². The fraction of sp³-hybridized carbons (Fsp3) is 0.143. The molecule has 11 heavy (non-hydrogen) atoms. The van der Waals surface area contributed by atoms with Crippen molar-refractivity contribution >= 4 is 22.5 Å². The highest BCUT2D eigenvalue weighted by Crippen LogP contribution is 2.14. The average molecular weight is 168 g/mol. The number of hydrogen-bond acceptors (Lipinski definition) is 2. The van der Waals surface area contributed by atoms with Gasteiger partial charge in [-0.1, -0.05) is 0 Å². The number of halogens is 1. The van der Waals surface area contributed by atoms with Crippen LogP contribution in [0.2, 0.25) is 0 Å². The van der Waals surface area contributed by atoms with Gasteiger partial charge < -0.3 is 0 Å². The number of hydrogen-bond donors (Lipinski definition) is 1. The lowest BCUT2D eigenvalue weighted by Gasteiger charge is -1.93. The topological polar surface area (TPSA) is 41.6 Å². The Hall–Kier alpha value is -1.09. The smallest absolute Gasteiger partial charge is 0.0684 e. The third-order valence-electron chi connectivity index (χ3n) is 1.58. The molecule has 0 aromatic carbocycles.